The Hall–Kier alpha value is -3.06. The number of benzene rings is 2. The molecule has 136 valence electrons. The Morgan fingerprint density at radius 1 is 1.15 bits per heavy atom. The van der Waals surface area contributed by atoms with Crippen LogP contribution in [0.1, 0.15) is 5.89 Å². The van der Waals surface area contributed by atoms with Gasteiger partial charge in [-0.05, 0) is 24.3 Å². The minimum atomic E-state index is 0.516. The molecule has 2 aromatic carbocycles. The second-order valence-corrected chi connectivity index (χ2v) is 6.73. The number of para-hydroxylation sites is 3. The van der Waals surface area contributed by atoms with Gasteiger partial charge in [0.25, 0.3) is 0 Å². The lowest BCUT2D eigenvalue weighted by Crippen LogP contribution is -1.97. The van der Waals surface area contributed by atoms with Crippen molar-refractivity contribution in [3.05, 3.63) is 67.1 Å². The molecule has 6 nitrogen and oxygen atoms in total. The highest BCUT2D eigenvalue weighted by Gasteiger charge is 2.15. The summed E-state index contributed by atoms with van der Waals surface area (Å²) in [5.74, 6) is 2.30. The Morgan fingerprint density at radius 3 is 2.81 bits per heavy atom. The molecule has 2 heterocycles. The SMILES string of the molecule is C=CCn1c(SCc2nc(-c3ccccc3OC)no2)nc2ccccc21. The van der Waals surface area contributed by atoms with Gasteiger partial charge in [0.2, 0.25) is 11.7 Å². The monoisotopic (exact) mass is 378 g/mol. The number of fused-ring (bicyclic) bond motifs is 1. The largest absolute Gasteiger partial charge is 0.496 e. The molecule has 0 radical (unpaired) electrons. The number of imidazole rings is 1. The zero-order valence-corrected chi connectivity index (χ0v) is 15.6. The second kappa shape index (κ2) is 7.67. The van der Waals surface area contributed by atoms with Crippen molar-refractivity contribution in [1.82, 2.24) is 19.7 Å². The molecule has 0 saturated heterocycles. The Morgan fingerprint density at radius 2 is 1.96 bits per heavy atom. The summed E-state index contributed by atoms with van der Waals surface area (Å²) in [6.07, 6.45) is 1.87. The molecule has 0 atom stereocenters. The summed E-state index contributed by atoms with van der Waals surface area (Å²) in [7, 11) is 1.62. The van der Waals surface area contributed by atoms with Crippen molar-refractivity contribution in [2.45, 2.75) is 17.5 Å². The van der Waals surface area contributed by atoms with Crippen LogP contribution in [0.25, 0.3) is 22.4 Å². The fourth-order valence-corrected chi connectivity index (χ4v) is 3.71. The Kier molecular flexibility index (Phi) is 4.93. The van der Waals surface area contributed by atoms with E-state index in [0.717, 1.165) is 21.8 Å². The standard InChI is InChI=1S/C20H18N4O2S/c1-3-12-24-16-10-6-5-9-15(16)21-20(24)27-13-18-22-19(23-26-18)14-8-4-7-11-17(14)25-2/h3-11H,1,12-13H2,2H3. The number of rotatable bonds is 7. The normalized spacial score (nSPS) is 11.0. The van der Waals surface area contributed by atoms with E-state index >= 15 is 0 Å². The van der Waals surface area contributed by atoms with E-state index in [4.69, 9.17) is 14.2 Å². The van der Waals surface area contributed by atoms with E-state index in [1.165, 1.54) is 0 Å². The minimum Gasteiger partial charge on any atom is -0.496 e. The lowest BCUT2D eigenvalue weighted by atomic mass is 10.2. The molecule has 0 aliphatic rings. The zero-order chi connectivity index (χ0) is 18.6. The summed E-state index contributed by atoms with van der Waals surface area (Å²) in [6.45, 7) is 4.54. The summed E-state index contributed by atoms with van der Waals surface area (Å²) in [5.41, 5.74) is 2.85. The molecular weight excluding hydrogens is 360 g/mol. The molecule has 0 saturated carbocycles. The lowest BCUT2D eigenvalue weighted by Gasteiger charge is -2.04. The van der Waals surface area contributed by atoms with Crippen LogP contribution in [0.5, 0.6) is 5.75 Å². The van der Waals surface area contributed by atoms with Crippen molar-refractivity contribution in [3.8, 4) is 17.1 Å². The third-order valence-electron chi connectivity index (χ3n) is 4.07. The molecule has 0 amide bonds. The molecule has 0 bridgehead atoms. The van der Waals surface area contributed by atoms with Crippen LogP contribution in [0, 0.1) is 0 Å². The van der Waals surface area contributed by atoms with Gasteiger partial charge < -0.3 is 13.8 Å². The number of methoxy groups -OCH3 is 1. The van der Waals surface area contributed by atoms with Crippen molar-refractivity contribution in [2.75, 3.05) is 7.11 Å². The smallest absolute Gasteiger partial charge is 0.237 e. The van der Waals surface area contributed by atoms with E-state index in [1.807, 2.05) is 48.5 Å². The summed E-state index contributed by atoms with van der Waals surface area (Å²) in [5, 5.41) is 4.98. The molecule has 0 fully saturated rings. The van der Waals surface area contributed by atoms with Gasteiger partial charge in [-0.1, -0.05) is 47.3 Å². The molecule has 0 aliphatic carbocycles. The summed E-state index contributed by atoms with van der Waals surface area (Å²) in [4.78, 5) is 9.20. The van der Waals surface area contributed by atoms with Crippen LogP contribution >= 0.6 is 11.8 Å². The van der Waals surface area contributed by atoms with Gasteiger partial charge >= 0.3 is 0 Å². The maximum absolute atomic E-state index is 5.42. The van der Waals surface area contributed by atoms with Crippen LogP contribution < -0.4 is 4.74 Å². The van der Waals surface area contributed by atoms with Crippen molar-refractivity contribution >= 4 is 22.8 Å². The van der Waals surface area contributed by atoms with Crippen LogP contribution in [0.2, 0.25) is 0 Å². The van der Waals surface area contributed by atoms with E-state index in [2.05, 4.69) is 27.4 Å². The molecule has 7 heteroatoms. The van der Waals surface area contributed by atoms with Crippen molar-refractivity contribution in [3.63, 3.8) is 0 Å². The molecule has 0 unspecified atom stereocenters. The Balaban J connectivity index is 1.56. The molecule has 0 N–H and O–H groups in total. The topological polar surface area (TPSA) is 66.0 Å². The highest BCUT2D eigenvalue weighted by Crippen LogP contribution is 2.29. The summed E-state index contributed by atoms with van der Waals surface area (Å²) >= 11 is 1.56. The summed E-state index contributed by atoms with van der Waals surface area (Å²) in [6, 6.07) is 15.7. The minimum absolute atomic E-state index is 0.516. The van der Waals surface area contributed by atoms with Gasteiger partial charge in [0, 0.05) is 6.54 Å². The first-order valence-electron chi connectivity index (χ1n) is 8.45. The summed E-state index contributed by atoms with van der Waals surface area (Å²) < 4.78 is 12.9. The van der Waals surface area contributed by atoms with E-state index < -0.39 is 0 Å². The fraction of sp³-hybridized carbons (Fsp3) is 0.150. The van der Waals surface area contributed by atoms with E-state index in [9.17, 15) is 0 Å². The third-order valence-corrected chi connectivity index (χ3v) is 5.03. The van der Waals surface area contributed by atoms with Crippen molar-refractivity contribution in [1.29, 1.82) is 0 Å². The molecular formula is C20H18N4O2S. The first-order valence-corrected chi connectivity index (χ1v) is 9.43. The lowest BCUT2D eigenvalue weighted by molar-refractivity contribution is 0.390. The van der Waals surface area contributed by atoms with Gasteiger partial charge in [-0.2, -0.15) is 4.98 Å². The van der Waals surface area contributed by atoms with Gasteiger partial charge in [0.15, 0.2) is 5.16 Å². The average molecular weight is 378 g/mol. The van der Waals surface area contributed by atoms with E-state index in [1.54, 1.807) is 18.9 Å². The molecule has 4 rings (SSSR count). The van der Waals surface area contributed by atoms with Gasteiger partial charge in [-0.15, -0.1) is 6.58 Å². The number of hydrogen-bond acceptors (Lipinski definition) is 6. The number of aromatic nitrogens is 4. The average Bonchev–Trinajstić information content (AvgIpc) is 3.32. The van der Waals surface area contributed by atoms with E-state index in [-0.39, 0.29) is 0 Å². The zero-order valence-electron chi connectivity index (χ0n) is 14.8. The molecule has 2 aromatic heterocycles. The van der Waals surface area contributed by atoms with Gasteiger partial charge in [0.05, 0.1) is 29.5 Å². The van der Waals surface area contributed by atoms with Crippen LogP contribution in [0.3, 0.4) is 0 Å². The predicted molar refractivity (Wildman–Crippen MR) is 106 cm³/mol. The maximum atomic E-state index is 5.42. The van der Waals surface area contributed by atoms with Gasteiger partial charge in [0.1, 0.15) is 5.75 Å². The third kappa shape index (κ3) is 3.46. The molecule has 0 spiro atoms. The number of hydrogen-bond donors (Lipinski definition) is 0. The number of nitrogens with zero attached hydrogens (tertiary/aromatic N) is 4. The fourth-order valence-electron chi connectivity index (χ4n) is 2.85. The maximum Gasteiger partial charge on any atom is 0.237 e. The first kappa shape index (κ1) is 17.4. The molecule has 4 aromatic rings. The Bertz CT molecular complexity index is 1090. The highest BCUT2D eigenvalue weighted by atomic mass is 32.2. The number of thioether (sulfide) groups is 1. The highest BCUT2D eigenvalue weighted by molar-refractivity contribution is 7.98. The van der Waals surface area contributed by atoms with Gasteiger partial charge in [-0.25, -0.2) is 4.98 Å². The van der Waals surface area contributed by atoms with Crippen LogP contribution in [0.15, 0.2) is 70.9 Å². The first-order chi connectivity index (χ1) is 13.3. The van der Waals surface area contributed by atoms with Gasteiger partial charge in [-0.3, -0.25) is 0 Å². The van der Waals surface area contributed by atoms with E-state index in [0.29, 0.717) is 29.8 Å². The van der Waals surface area contributed by atoms with Crippen molar-refractivity contribution < 1.29 is 9.26 Å². The quantitative estimate of drug-likeness (QED) is 0.347. The molecule has 27 heavy (non-hydrogen) atoms. The Labute approximate surface area is 160 Å². The molecule has 0 aliphatic heterocycles. The van der Waals surface area contributed by atoms with Crippen molar-refractivity contribution in [2.24, 2.45) is 0 Å². The number of allylic oxidation sites excluding steroid dienone is 1. The van der Waals surface area contributed by atoms with Crippen LogP contribution in [0.4, 0.5) is 0 Å². The van der Waals surface area contributed by atoms with Crippen LogP contribution in [-0.2, 0) is 12.3 Å². The second-order valence-electron chi connectivity index (χ2n) is 5.78. The van der Waals surface area contributed by atoms with Crippen LogP contribution in [-0.4, -0.2) is 26.8 Å². The number of ether oxygens (including phenoxy) is 1. The predicted octanol–water partition coefficient (Wildman–Crippen LogP) is 4.57.